The van der Waals surface area contributed by atoms with E-state index in [2.05, 4.69) is 55.5 Å². The number of nitrogens with one attached hydrogen (secondary N) is 1. The van der Waals surface area contributed by atoms with Gasteiger partial charge in [-0.1, -0.05) is 32.9 Å². The molecule has 30 heavy (non-hydrogen) atoms. The van der Waals surface area contributed by atoms with Gasteiger partial charge in [-0.05, 0) is 72.1 Å². The molecule has 2 bridgehead atoms. The van der Waals surface area contributed by atoms with E-state index in [0.29, 0.717) is 18.3 Å². The molecular weight excluding hydrogens is 374 g/mol. The molecule has 2 saturated carbocycles. The van der Waals surface area contributed by atoms with Gasteiger partial charge in [0.15, 0.2) is 0 Å². The summed E-state index contributed by atoms with van der Waals surface area (Å²) in [6, 6.07) is 10.8. The molecule has 1 spiro atoms. The lowest BCUT2D eigenvalue weighted by Gasteiger charge is -2.53. The molecule has 2 heterocycles. The van der Waals surface area contributed by atoms with Crippen molar-refractivity contribution >= 4 is 5.91 Å². The average Bonchev–Trinajstić information content (AvgIpc) is 3.44. The SMILES string of the molecule is CCCC(=O)N[C@@H]1C(C)(C)[C@@H]2C[C@@H]3[C@@H](c4ccc(-n5cccn5)cc4)OCCC31C2. The molecule has 1 N–H and O–H groups in total. The van der Waals surface area contributed by atoms with Gasteiger partial charge in [-0.3, -0.25) is 4.79 Å². The third-order valence-corrected chi connectivity index (χ3v) is 8.28. The molecule has 1 aromatic carbocycles. The van der Waals surface area contributed by atoms with E-state index in [1.807, 2.05) is 16.9 Å². The molecule has 5 atom stereocenters. The fourth-order valence-corrected chi connectivity index (χ4v) is 6.82. The van der Waals surface area contributed by atoms with Crippen LogP contribution in [0.25, 0.3) is 5.69 Å². The summed E-state index contributed by atoms with van der Waals surface area (Å²) in [7, 11) is 0. The minimum Gasteiger partial charge on any atom is -0.373 e. The van der Waals surface area contributed by atoms with Gasteiger partial charge < -0.3 is 10.1 Å². The van der Waals surface area contributed by atoms with Crippen molar-refractivity contribution in [2.24, 2.45) is 22.7 Å². The third kappa shape index (κ3) is 2.93. The molecule has 1 aliphatic heterocycles. The van der Waals surface area contributed by atoms with Crippen molar-refractivity contribution in [2.45, 2.75) is 65.0 Å². The summed E-state index contributed by atoms with van der Waals surface area (Å²) < 4.78 is 8.27. The van der Waals surface area contributed by atoms with Crippen LogP contribution >= 0.6 is 0 Å². The molecule has 0 radical (unpaired) electrons. The second-order valence-corrected chi connectivity index (χ2v) is 10.1. The Bertz CT molecular complexity index is 905. The van der Waals surface area contributed by atoms with Crippen LogP contribution in [0, 0.1) is 22.7 Å². The lowest BCUT2D eigenvalue weighted by atomic mass is 9.59. The molecule has 1 aromatic heterocycles. The molecule has 160 valence electrons. The first-order valence-corrected chi connectivity index (χ1v) is 11.5. The van der Waals surface area contributed by atoms with Gasteiger partial charge in [0, 0.05) is 31.5 Å². The summed E-state index contributed by atoms with van der Waals surface area (Å²) >= 11 is 0. The summed E-state index contributed by atoms with van der Waals surface area (Å²) in [6.45, 7) is 7.57. The van der Waals surface area contributed by atoms with E-state index in [4.69, 9.17) is 4.74 Å². The van der Waals surface area contributed by atoms with Gasteiger partial charge in [0.1, 0.15) is 0 Å². The number of carbonyl (C=O) groups excluding carboxylic acids is 1. The first-order chi connectivity index (χ1) is 14.5. The predicted molar refractivity (Wildman–Crippen MR) is 116 cm³/mol. The smallest absolute Gasteiger partial charge is 0.220 e. The van der Waals surface area contributed by atoms with Crippen LogP contribution in [0.15, 0.2) is 42.7 Å². The highest BCUT2D eigenvalue weighted by atomic mass is 16.5. The Labute approximate surface area is 179 Å². The second kappa shape index (κ2) is 7.23. The van der Waals surface area contributed by atoms with Crippen LogP contribution in [0.1, 0.15) is 64.5 Å². The fraction of sp³-hybridized carbons (Fsp3) is 0.600. The Morgan fingerprint density at radius 3 is 2.80 bits per heavy atom. The lowest BCUT2D eigenvalue weighted by Crippen LogP contribution is -2.58. The Hall–Kier alpha value is -2.14. The molecule has 3 fully saturated rings. The summed E-state index contributed by atoms with van der Waals surface area (Å²) in [5.41, 5.74) is 2.61. The number of amides is 1. The lowest BCUT2D eigenvalue weighted by molar-refractivity contribution is -0.137. The number of carbonyl (C=O) groups is 1. The minimum absolute atomic E-state index is 0.108. The summed E-state index contributed by atoms with van der Waals surface area (Å²) in [6.07, 6.45) is 8.84. The predicted octanol–water partition coefficient (Wildman–Crippen LogP) is 4.67. The number of fused-ring (bicyclic) bond motifs is 1. The van der Waals surface area contributed by atoms with E-state index in [1.165, 1.54) is 18.4 Å². The Kier molecular flexibility index (Phi) is 4.77. The molecule has 5 nitrogen and oxygen atoms in total. The van der Waals surface area contributed by atoms with Crippen LogP contribution in [-0.2, 0) is 9.53 Å². The number of hydrogen-bond donors (Lipinski definition) is 1. The fourth-order valence-electron chi connectivity index (χ4n) is 6.82. The van der Waals surface area contributed by atoms with Gasteiger partial charge in [0.2, 0.25) is 5.91 Å². The maximum atomic E-state index is 12.6. The monoisotopic (exact) mass is 407 g/mol. The minimum atomic E-state index is 0.108. The Morgan fingerprint density at radius 2 is 2.10 bits per heavy atom. The molecule has 5 heteroatoms. The Morgan fingerprint density at radius 1 is 1.30 bits per heavy atom. The van der Waals surface area contributed by atoms with Gasteiger partial charge in [-0.25, -0.2) is 4.68 Å². The number of rotatable bonds is 5. The van der Waals surface area contributed by atoms with Crippen molar-refractivity contribution in [2.75, 3.05) is 6.61 Å². The van der Waals surface area contributed by atoms with Crippen LogP contribution in [-0.4, -0.2) is 28.3 Å². The molecule has 5 rings (SSSR count). The van der Waals surface area contributed by atoms with Crippen LogP contribution in [0.3, 0.4) is 0 Å². The molecule has 1 unspecified atom stereocenters. The highest BCUT2D eigenvalue weighted by Crippen LogP contribution is 2.70. The standard InChI is InChI=1S/C25H33N3O2/c1-4-6-21(29)27-23-24(2,3)18-15-20-22(30-14-11-25(20,23)16-18)17-7-9-19(10-8-17)28-13-5-12-26-28/h5,7-10,12-13,18,20,22-23H,4,6,11,14-16H2,1-3H3,(H,27,29)/t18-,20-,22-,23-,25?/m1/s1. The topological polar surface area (TPSA) is 56.2 Å². The van der Waals surface area contributed by atoms with Crippen LogP contribution in [0.5, 0.6) is 0 Å². The van der Waals surface area contributed by atoms with Crippen molar-refractivity contribution in [3.63, 3.8) is 0 Å². The van der Waals surface area contributed by atoms with E-state index in [1.54, 1.807) is 6.20 Å². The third-order valence-electron chi connectivity index (χ3n) is 8.28. The first kappa shape index (κ1) is 19.8. The molecule has 2 aliphatic carbocycles. The van der Waals surface area contributed by atoms with Crippen molar-refractivity contribution in [1.82, 2.24) is 15.1 Å². The maximum Gasteiger partial charge on any atom is 0.220 e. The number of nitrogens with zero attached hydrogens (tertiary/aromatic N) is 2. The number of aromatic nitrogens is 2. The van der Waals surface area contributed by atoms with Gasteiger partial charge in [0.05, 0.1) is 11.8 Å². The van der Waals surface area contributed by atoms with Gasteiger partial charge in [-0.2, -0.15) is 5.10 Å². The maximum absolute atomic E-state index is 12.6. The van der Waals surface area contributed by atoms with Gasteiger partial charge in [-0.15, -0.1) is 0 Å². The highest BCUT2D eigenvalue weighted by Gasteiger charge is 2.68. The van der Waals surface area contributed by atoms with Crippen molar-refractivity contribution in [1.29, 1.82) is 0 Å². The largest absolute Gasteiger partial charge is 0.373 e. The average molecular weight is 408 g/mol. The summed E-state index contributed by atoms with van der Waals surface area (Å²) in [5, 5.41) is 7.81. The van der Waals surface area contributed by atoms with E-state index in [0.717, 1.165) is 25.1 Å². The van der Waals surface area contributed by atoms with Crippen molar-refractivity contribution in [3.8, 4) is 5.69 Å². The number of benzene rings is 1. The van der Waals surface area contributed by atoms with E-state index in [-0.39, 0.29) is 28.9 Å². The van der Waals surface area contributed by atoms with E-state index in [9.17, 15) is 4.79 Å². The molecule has 1 saturated heterocycles. The number of ether oxygens (including phenoxy) is 1. The summed E-state index contributed by atoms with van der Waals surface area (Å²) in [4.78, 5) is 12.6. The van der Waals surface area contributed by atoms with E-state index >= 15 is 0 Å². The van der Waals surface area contributed by atoms with Crippen molar-refractivity contribution in [3.05, 3.63) is 48.3 Å². The molecular formula is C25H33N3O2. The normalized spacial score (nSPS) is 34.0. The Balaban J connectivity index is 1.43. The molecule has 1 amide bonds. The molecule has 3 aliphatic rings. The zero-order chi connectivity index (χ0) is 20.9. The van der Waals surface area contributed by atoms with Crippen LogP contribution in [0.4, 0.5) is 0 Å². The molecule has 2 aromatic rings. The quantitative estimate of drug-likeness (QED) is 0.783. The zero-order valence-corrected chi connectivity index (χ0v) is 18.3. The second-order valence-electron chi connectivity index (χ2n) is 10.1. The first-order valence-electron chi connectivity index (χ1n) is 11.5. The van der Waals surface area contributed by atoms with Gasteiger partial charge in [0.25, 0.3) is 0 Å². The van der Waals surface area contributed by atoms with Gasteiger partial charge >= 0.3 is 0 Å². The highest BCUT2D eigenvalue weighted by molar-refractivity contribution is 5.76. The van der Waals surface area contributed by atoms with Crippen LogP contribution in [0.2, 0.25) is 0 Å². The van der Waals surface area contributed by atoms with Crippen molar-refractivity contribution < 1.29 is 9.53 Å². The van der Waals surface area contributed by atoms with Crippen LogP contribution < -0.4 is 5.32 Å². The summed E-state index contributed by atoms with van der Waals surface area (Å²) in [5.74, 6) is 1.32. The number of hydrogen-bond acceptors (Lipinski definition) is 3. The van der Waals surface area contributed by atoms with E-state index < -0.39 is 0 Å². The zero-order valence-electron chi connectivity index (χ0n) is 18.3.